The Bertz CT molecular complexity index is 224. The Kier molecular flexibility index (Phi) is 5.42. The maximum absolute atomic E-state index is 3.59. The molecule has 1 heterocycles. The first-order chi connectivity index (χ1) is 7.83. The van der Waals surface area contributed by atoms with Gasteiger partial charge in [-0.25, -0.2) is 0 Å². The summed E-state index contributed by atoms with van der Waals surface area (Å²) < 4.78 is 0. The highest BCUT2D eigenvalue weighted by Gasteiger charge is 2.34. The maximum Gasteiger partial charge on any atom is 0.0353 e. The smallest absolute Gasteiger partial charge is 0.0353 e. The van der Waals surface area contributed by atoms with E-state index in [1.54, 1.807) is 0 Å². The summed E-state index contributed by atoms with van der Waals surface area (Å²) in [6.45, 7) is 14.0. The van der Waals surface area contributed by atoms with Gasteiger partial charge in [-0.1, -0.05) is 13.8 Å². The molecule has 1 atom stereocenters. The zero-order chi connectivity index (χ0) is 13.1. The summed E-state index contributed by atoms with van der Waals surface area (Å²) in [5.41, 5.74) is 0.314. The van der Waals surface area contributed by atoms with Crippen molar-refractivity contribution in [2.75, 3.05) is 40.3 Å². The Morgan fingerprint density at radius 3 is 2.53 bits per heavy atom. The first kappa shape index (κ1) is 14.9. The van der Waals surface area contributed by atoms with Gasteiger partial charge < -0.3 is 10.2 Å². The van der Waals surface area contributed by atoms with Crippen LogP contribution in [0, 0.1) is 5.92 Å². The molecule has 0 aromatic rings. The normalized spacial score (nSPS) is 26.5. The van der Waals surface area contributed by atoms with Crippen LogP contribution in [-0.2, 0) is 0 Å². The second-order valence-electron chi connectivity index (χ2n) is 6.73. The van der Waals surface area contributed by atoms with Gasteiger partial charge in [-0.05, 0) is 46.8 Å². The van der Waals surface area contributed by atoms with E-state index in [1.807, 2.05) is 0 Å². The average molecular weight is 241 g/mol. The molecule has 1 aliphatic heterocycles. The minimum Gasteiger partial charge on any atom is -0.315 e. The van der Waals surface area contributed by atoms with Gasteiger partial charge in [0.2, 0.25) is 0 Å². The van der Waals surface area contributed by atoms with Crippen LogP contribution in [0.2, 0.25) is 0 Å². The number of hydrogen-bond acceptors (Lipinski definition) is 3. The average Bonchev–Trinajstić information content (AvgIpc) is 2.29. The van der Waals surface area contributed by atoms with E-state index in [1.165, 1.54) is 13.0 Å². The van der Waals surface area contributed by atoms with E-state index in [2.05, 4.69) is 56.9 Å². The Balaban J connectivity index is 2.80. The van der Waals surface area contributed by atoms with Gasteiger partial charge in [-0.3, -0.25) is 4.90 Å². The second kappa shape index (κ2) is 6.17. The van der Waals surface area contributed by atoms with Crippen LogP contribution in [0.3, 0.4) is 0 Å². The van der Waals surface area contributed by atoms with Crippen LogP contribution in [0.5, 0.6) is 0 Å². The molecule has 0 bridgehead atoms. The van der Waals surface area contributed by atoms with Crippen molar-refractivity contribution in [1.29, 1.82) is 0 Å². The number of nitrogens with zero attached hydrogens (tertiary/aromatic N) is 2. The molecule has 3 heteroatoms. The molecule has 3 nitrogen and oxygen atoms in total. The zero-order valence-corrected chi connectivity index (χ0v) is 12.6. The van der Waals surface area contributed by atoms with Crippen molar-refractivity contribution >= 4 is 0 Å². The minimum atomic E-state index is 0.314. The molecule has 1 unspecified atom stereocenters. The first-order valence-electron chi connectivity index (χ1n) is 6.95. The van der Waals surface area contributed by atoms with Crippen molar-refractivity contribution < 1.29 is 0 Å². The van der Waals surface area contributed by atoms with Crippen molar-refractivity contribution in [3.8, 4) is 0 Å². The molecule has 17 heavy (non-hydrogen) atoms. The monoisotopic (exact) mass is 241 g/mol. The van der Waals surface area contributed by atoms with Crippen LogP contribution >= 0.6 is 0 Å². The topological polar surface area (TPSA) is 18.5 Å². The second-order valence-corrected chi connectivity index (χ2v) is 6.73. The number of rotatable bonds is 4. The van der Waals surface area contributed by atoms with Gasteiger partial charge in [0.1, 0.15) is 0 Å². The summed E-state index contributed by atoms with van der Waals surface area (Å²) in [6.07, 6.45) is 1.24. The summed E-state index contributed by atoms with van der Waals surface area (Å²) >= 11 is 0. The van der Waals surface area contributed by atoms with Crippen LogP contribution < -0.4 is 5.32 Å². The van der Waals surface area contributed by atoms with Gasteiger partial charge in [-0.2, -0.15) is 0 Å². The third kappa shape index (κ3) is 4.57. The Morgan fingerprint density at radius 1 is 1.35 bits per heavy atom. The largest absolute Gasteiger partial charge is 0.315 e. The Hall–Kier alpha value is -0.120. The predicted octanol–water partition coefficient (Wildman–Crippen LogP) is 1.65. The van der Waals surface area contributed by atoms with E-state index in [9.17, 15) is 0 Å². The van der Waals surface area contributed by atoms with Gasteiger partial charge in [0.05, 0.1) is 0 Å². The van der Waals surface area contributed by atoms with E-state index in [-0.39, 0.29) is 0 Å². The van der Waals surface area contributed by atoms with Gasteiger partial charge in [0.25, 0.3) is 0 Å². The molecule has 1 rings (SSSR count). The molecule has 1 aliphatic rings. The van der Waals surface area contributed by atoms with Crippen LogP contribution in [0.4, 0.5) is 0 Å². The van der Waals surface area contributed by atoms with Crippen LogP contribution in [-0.4, -0.2) is 61.7 Å². The summed E-state index contributed by atoms with van der Waals surface area (Å²) in [4.78, 5) is 5.03. The molecule has 0 aromatic heterocycles. The molecule has 0 aromatic carbocycles. The van der Waals surface area contributed by atoms with E-state index >= 15 is 0 Å². The van der Waals surface area contributed by atoms with Crippen molar-refractivity contribution in [2.24, 2.45) is 5.92 Å². The molecule has 1 N–H and O–H groups in total. The third-order valence-corrected chi connectivity index (χ3v) is 3.65. The van der Waals surface area contributed by atoms with E-state index < -0.39 is 0 Å². The van der Waals surface area contributed by atoms with Crippen LogP contribution in [0.25, 0.3) is 0 Å². The van der Waals surface area contributed by atoms with E-state index in [0.717, 1.165) is 25.6 Å². The predicted molar refractivity (Wildman–Crippen MR) is 75.5 cm³/mol. The summed E-state index contributed by atoms with van der Waals surface area (Å²) in [5, 5.41) is 3.59. The summed E-state index contributed by atoms with van der Waals surface area (Å²) in [5.74, 6) is 0.733. The van der Waals surface area contributed by atoms with E-state index in [4.69, 9.17) is 0 Å². The maximum atomic E-state index is 3.59. The summed E-state index contributed by atoms with van der Waals surface area (Å²) in [7, 11) is 4.34. The fourth-order valence-electron chi connectivity index (χ4n) is 2.79. The lowest BCUT2D eigenvalue weighted by atomic mass is 9.95. The zero-order valence-electron chi connectivity index (χ0n) is 12.6. The summed E-state index contributed by atoms with van der Waals surface area (Å²) in [6, 6.07) is 0.630. The Labute approximate surface area is 108 Å². The highest BCUT2D eigenvalue weighted by molar-refractivity contribution is 4.92. The molecule has 0 aliphatic carbocycles. The molecule has 1 fully saturated rings. The molecule has 0 saturated carbocycles. The van der Waals surface area contributed by atoms with Gasteiger partial charge in [0, 0.05) is 31.2 Å². The molecular formula is C14H31N3. The molecule has 0 spiro atoms. The molecule has 102 valence electrons. The highest BCUT2D eigenvalue weighted by Crippen LogP contribution is 2.25. The number of likely N-dealkylation sites (N-methyl/N-ethyl adjacent to an activating group) is 1. The third-order valence-electron chi connectivity index (χ3n) is 3.65. The molecule has 1 saturated heterocycles. The lowest BCUT2D eigenvalue weighted by Gasteiger charge is -2.43. The SMILES string of the molecule is CC(C)CN1C(CN(C)C)CNCCC1(C)C. The van der Waals surface area contributed by atoms with Crippen molar-refractivity contribution in [1.82, 2.24) is 15.1 Å². The van der Waals surface area contributed by atoms with Crippen LogP contribution in [0.15, 0.2) is 0 Å². The quantitative estimate of drug-likeness (QED) is 0.807. The van der Waals surface area contributed by atoms with Gasteiger partial charge >= 0.3 is 0 Å². The fourth-order valence-corrected chi connectivity index (χ4v) is 2.79. The number of hydrogen-bond donors (Lipinski definition) is 1. The van der Waals surface area contributed by atoms with Crippen molar-refractivity contribution in [2.45, 2.75) is 45.7 Å². The lowest BCUT2D eigenvalue weighted by molar-refractivity contribution is 0.0522. The molecular weight excluding hydrogens is 210 g/mol. The van der Waals surface area contributed by atoms with Crippen molar-refractivity contribution in [3.63, 3.8) is 0 Å². The van der Waals surface area contributed by atoms with Gasteiger partial charge in [-0.15, -0.1) is 0 Å². The molecule has 0 amide bonds. The highest BCUT2D eigenvalue weighted by atomic mass is 15.3. The van der Waals surface area contributed by atoms with Gasteiger partial charge in [0.15, 0.2) is 0 Å². The first-order valence-corrected chi connectivity index (χ1v) is 6.95. The Morgan fingerprint density at radius 2 is 2.00 bits per heavy atom. The minimum absolute atomic E-state index is 0.314. The van der Waals surface area contributed by atoms with Crippen LogP contribution in [0.1, 0.15) is 34.1 Å². The lowest BCUT2D eigenvalue weighted by Crippen LogP contribution is -2.55. The number of nitrogens with one attached hydrogen (secondary N) is 1. The van der Waals surface area contributed by atoms with E-state index in [0.29, 0.717) is 11.6 Å². The fraction of sp³-hybridized carbons (Fsp3) is 1.00. The van der Waals surface area contributed by atoms with Crippen molar-refractivity contribution in [3.05, 3.63) is 0 Å². The standard InChI is InChI=1S/C14H31N3/c1-12(2)10-17-13(11-16(5)6)9-15-8-7-14(17,3)4/h12-13,15H,7-11H2,1-6H3. The molecule has 0 radical (unpaired) electrons.